The largest absolute Gasteiger partial charge is 0.472 e. The Hall–Kier alpha value is -2.88. The Balaban J connectivity index is 2.44. The van der Waals surface area contributed by atoms with Crippen molar-refractivity contribution in [1.82, 2.24) is 9.55 Å². The van der Waals surface area contributed by atoms with Gasteiger partial charge in [0.15, 0.2) is 5.82 Å². The molecular formula is C20H20N2O2. The second-order valence-corrected chi connectivity index (χ2v) is 5.73. The molecule has 24 heavy (non-hydrogen) atoms. The maximum atomic E-state index is 13.2. The summed E-state index contributed by atoms with van der Waals surface area (Å²) in [5.41, 5.74) is 2.21. The van der Waals surface area contributed by atoms with Crippen LogP contribution in [0.4, 0.5) is 0 Å². The lowest BCUT2D eigenvalue weighted by Gasteiger charge is -2.15. The van der Waals surface area contributed by atoms with Crippen molar-refractivity contribution >= 4 is 17.8 Å². The average Bonchev–Trinajstić information content (AvgIpc) is 3.11. The number of nitrogens with zero attached hydrogens (tertiary/aromatic N) is 2. The molecule has 1 aliphatic rings. The van der Waals surface area contributed by atoms with E-state index in [0.717, 1.165) is 35.0 Å². The van der Waals surface area contributed by atoms with Gasteiger partial charge in [-0.1, -0.05) is 30.9 Å². The Morgan fingerprint density at radius 2 is 2.17 bits per heavy atom. The molecule has 0 atom stereocenters. The molecule has 3 rings (SSSR count). The van der Waals surface area contributed by atoms with Gasteiger partial charge in [0.2, 0.25) is 0 Å². The molecule has 0 radical (unpaired) electrons. The number of allylic oxidation sites excluding steroid dienone is 5. The van der Waals surface area contributed by atoms with Crippen molar-refractivity contribution in [2.24, 2.45) is 0 Å². The normalized spacial score (nSPS) is 14.2. The number of hydrogen-bond acceptors (Lipinski definition) is 3. The summed E-state index contributed by atoms with van der Waals surface area (Å²) in [6.07, 6.45) is 14.6. The van der Waals surface area contributed by atoms with Crippen LogP contribution >= 0.6 is 0 Å². The van der Waals surface area contributed by atoms with E-state index >= 15 is 0 Å². The second-order valence-electron chi connectivity index (χ2n) is 5.73. The van der Waals surface area contributed by atoms with Crippen molar-refractivity contribution in [1.29, 1.82) is 0 Å². The van der Waals surface area contributed by atoms with Crippen LogP contribution in [0.1, 0.15) is 26.7 Å². The van der Waals surface area contributed by atoms with E-state index in [0.29, 0.717) is 11.0 Å². The van der Waals surface area contributed by atoms with Gasteiger partial charge in [-0.2, -0.15) is 0 Å². The fourth-order valence-electron chi connectivity index (χ4n) is 2.75. The molecule has 0 fully saturated rings. The summed E-state index contributed by atoms with van der Waals surface area (Å²) in [5, 5.41) is 1.40. The summed E-state index contributed by atoms with van der Waals surface area (Å²) in [5.74, 6) is 0.567. The minimum absolute atomic E-state index is 0.0779. The van der Waals surface area contributed by atoms with Crippen LogP contribution in [-0.2, 0) is 0 Å². The second kappa shape index (κ2) is 6.71. The number of fused-ring (bicyclic) bond motifs is 1. The molecule has 4 heteroatoms. The highest BCUT2D eigenvalue weighted by Gasteiger charge is 2.16. The zero-order valence-electron chi connectivity index (χ0n) is 14.0. The van der Waals surface area contributed by atoms with Crippen LogP contribution in [0.3, 0.4) is 0 Å². The van der Waals surface area contributed by atoms with Crippen molar-refractivity contribution < 1.29 is 4.42 Å². The lowest BCUT2D eigenvalue weighted by Crippen LogP contribution is -2.48. The molecular weight excluding hydrogens is 300 g/mol. The Morgan fingerprint density at radius 3 is 2.83 bits per heavy atom. The topological polar surface area (TPSA) is 48.0 Å². The van der Waals surface area contributed by atoms with Crippen molar-refractivity contribution in [3.8, 4) is 11.4 Å². The molecule has 0 bridgehead atoms. The monoisotopic (exact) mass is 320 g/mol. The van der Waals surface area contributed by atoms with Crippen LogP contribution in [0.5, 0.6) is 0 Å². The summed E-state index contributed by atoms with van der Waals surface area (Å²) < 4.78 is 6.83. The maximum Gasteiger partial charge on any atom is 0.265 e. The highest BCUT2D eigenvalue weighted by Crippen LogP contribution is 2.21. The van der Waals surface area contributed by atoms with Gasteiger partial charge in [0.05, 0.1) is 28.1 Å². The van der Waals surface area contributed by atoms with Crippen LogP contribution in [0.25, 0.3) is 29.2 Å². The number of hydrogen-bond donors (Lipinski definition) is 0. The fourth-order valence-corrected chi connectivity index (χ4v) is 2.75. The Labute approximate surface area is 140 Å². The van der Waals surface area contributed by atoms with Crippen molar-refractivity contribution in [2.75, 3.05) is 0 Å². The first-order valence-electron chi connectivity index (χ1n) is 7.98. The summed E-state index contributed by atoms with van der Waals surface area (Å²) in [6.45, 7) is 7.85. The van der Waals surface area contributed by atoms with Gasteiger partial charge in [-0.15, -0.1) is 0 Å². The van der Waals surface area contributed by atoms with E-state index in [4.69, 9.17) is 9.40 Å². The average molecular weight is 320 g/mol. The molecule has 1 aliphatic carbocycles. The minimum atomic E-state index is -0.0779. The first-order valence-corrected chi connectivity index (χ1v) is 7.98. The highest BCUT2D eigenvalue weighted by molar-refractivity contribution is 5.70. The Morgan fingerprint density at radius 1 is 1.38 bits per heavy atom. The van der Waals surface area contributed by atoms with Gasteiger partial charge < -0.3 is 4.42 Å². The van der Waals surface area contributed by atoms with Gasteiger partial charge in [-0.3, -0.25) is 9.36 Å². The van der Waals surface area contributed by atoms with Crippen molar-refractivity contribution in [3.05, 3.63) is 69.9 Å². The molecule has 2 heterocycles. The summed E-state index contributed by atoms with van der Waals surface area (Å²) in [7, 11) is 0. The van der Waals surface area contributed by atoms with E-state index in [1.807, 2.05) is 50.3 Å². The molecule has 0 spiro atoms. The van der Waals surface area contributed by atoms with Crippen LogP contribution in [0.2, 0.25) is 0 Å². The predicted octanol–water partition coefficient (Wildman–Crippen LogP) is 2.85. The van der Waals surface area contributed by atoms with Crippen LogP contribution in [0, 0.1) is 0 Å². The molecule has 0 amide bonds. The lowest BCUT2D eigenvalue weighted by molar-refractivity contribution is 0.567. The van der Waals surface area contributed by atoms with Gasteiger partial charge >= 0.3 is 0 Å². The summed E-state index contributed by atoms with van der Waals surface area (Å²) >= 11 is 0. The quantitative estimate of drug-likeness (QED) is 0.814. The molecule has 0 aromatic carbocycles. The SMILES string of the molecule is C=C(C)/C(=C\C=C/C)n1c(-c2ccoc2)nc2c(c1=O)=CCCC=2. The van der Waals surface area contributed by atoms with Gasteiger partial charge in [0.25, 0.3) is 5.56 Å². The standard InChI is InChI=1S/C20H20N2O2/c1-4-5-10-18(14(2)3)22-19(15-11-12-24-13-15)21-17-9-7-6-8-16(17)20(22)23/h4-5,8-13H,2,6-7H2,1,3H3/b5-4-,18-10+. The van der Waals surface area contributed by atoms with Crippen LogP contribution in [-0.4, -0.2) is 9.55 Å². The van der Waals surface area contributed by atoms with E-state index < -0.39 is 0 Å². The van der Waals surface area contributed by atoms with Crippen molar-refractivity contribution in [3.63, 3.8) is 0 Å². The molecule has 2 aromatic rings. The van der Waals surface area contributed by atoms with Crippen LogP contribution in [0.15, 0.2) is 58.2 Å². The third-order valence-corrected chi connectivity index (χ3v) is 3.90. The molecule has 0 unspecified atom stereocenters. The molecule has 0 saturated heterocycles. The first kappa shape index (κ1) is 16.0. The van der Waals surface area contributed by atoms with E-state index in [1.165, 1.54) is 0 Å². The third kappa shape index (κ3) is 2.83. The fraction of sp³-hybridized carbons (Fsp3) is 0.200. The van der Waals surface area contributed by atoms with Gasteiger partial charge in [0.1, 0.15) is 6.26 Å². The van der Waals surface area contributed by atoms with E-state index in [1.54, 1.807) is 17.1 Å². The zero-order valence-corrected chi connectivity index (χ0v) is 14.0. The van der Waals surface area contributed by atoms with Gasteiger partial charge in [0, 0.05) is 0 Å². The number of rotatable bonds is 4. The Bertz CT molecular complexity index is 1000. The van der Waals surface area contributed by atoms with E-state index in [9.17, 15) is 4.79 Å². The number of aromatic nitrogens is 2. The van der Waals surface area contributed by atoms with E-state index in [2.05, 4.69) is 6.58 Å². The molecule has 0 aliphatic heterocycles. The summed E-state index contributed by atoms with van der Waals surface area (Å²) in [4.78, 5) is 17.9. The van der Waals surface area contributed by atoms with Crippen LogP contribution < -0.4 is 16.1 Å². The Kier molecular flexibility index (Phi) is 4.47. The molecule has 0 saturated carbocycles. The zero-order chi connectivity index (χ0) is 17.1. The molecule has 0 N–H and O–H groups in total. The highest BCUT2D eigenvalue weighted by atomic mass is 16.3. The van der Waals surface area contributed by atoms with Gasteiger partial charge in [-0.05, 0) is 44.4 Å². The third-order valence-electron chi connectivity index (χ3n) is 3.90. The minimum Gasteiger partial charge on any atom is -0.472 e. The predicted molar refractivity (Wildman–Crippen MR) is 97.5 cm³/mol. The molecule has 4 nitrogen and oxygen atoms in total. The summed E-state index contributed by atoms with van der Waals surface area (Å²) in [6, 6.07) is 1.81. The van der Waals surface area contributed by atoms with Crippen molar-refractivity contribution in [2.45, 2.75) is 26.7 Å². The van der Waals surface area contributed by atoms with E-state index in [-0.39, 0.29) is 5.56 Å². The first-order chi connectivity index (χ1) is 11.6. The lowest BCUT2D eigenvalue weighted by atomic mass is 10.1. The smallest absolute Gasteiger partial charge is 0.265 e. The maximum absolute atomic E-state index is 13.2. The number of furan rings is 1. The molecule has 2 aromatic heterocycles. The van der Waals surface area contributed by atoms with Gasteiger partial charge in [-0.25, -0.2) is 4.98 Å². The molecule has 122 valence electrons.